The van der Waals surface area contributed by atoms with Gasteiger partial charge in [0.05, 0.1) is 29.0 Å². The SMILES string of the molecule is Cc1cccc(NC(=O)CSc2nc3ccccc3nc2N2C[C@H](C)O[C@@H](C)C2)c1C. The van der Waals surface area contributed by atoms with Gasteiger partial charge in [-0.25, -0.2) is 9.97 Å². The lowest BCUT2D eigenvalue weighted by atomic mass is 10.1. The van der Waals surface area contributed by atoms with Crippen molar-refractivity contribution in [2.45, 2.75) is 44.9 Å². The zero-order valence-corrected chi connectivity index (χ0v) is 19.2. The molecule has 162 valence electrons. The highest BCUT2D eigenvalue weighted by Gasteiger charge is 2.26. The summed E-state index contributed by atoms with van der Waals surface area (Å²) in [6, 6.07) is 13.8. The van der Waals surface area contributed by atoms with E-state index in [2.05, 4.69) is 24.1 Å². The van der Waals surface area contributed by atoms with Gasteiger partial charge in [0.1, 0.15) is 5.03 Å². The number of morpholine rings is 1. The number of amides is 1. The van der Waals surface area contributed by atoms with E-state index in [0.29, 0.717) is 0 Å². The smallest absolute Gasteiger partial charge is 0.234 e. The van der Waals surface area contributed by atoms with Gasteiger partial charge in [-0.15, -0.1) is 0 Å². The van der Waals surface area contributed by atoms with Crippen molar-refractivity contribution in [2.75, 3.05) is 29.1 Å². The summed E-state index contributed by atoms with van der Waals surface area (Å²) in [7, 11) is 0. The number of anilines is 2. The number of benzene rings is 2. The molecule has 1 aromatic heterocycles. The van der Waals surface area contributed by atoms with Gasteiger partial charge in [0.2, 0.25) is 5.91 Å². The van der Waals surface area contributed by atoms with E-state index < -0.39 is 0 Å². The Labute approximate surface area is 187 Å². The Morgan fingerprint density at radius 2 is 1.74 bits per heavy atom. The molecule has 0 aliphatic carbocycles. The molecular formula is C24H28N4O2S. The summed E-state index contributed by atoms with van der Waals surface area (Å²) in [5.41, 5.74) is 4.78. The first-order chi connectivity index (χ1) is 14.9. The average Bonchev–Trinajstić information content (AvgIpc) is 2.74. The second-order valence-corrected chi connectivity index (χ2v) is 9.05. The van der Waals surface area contributed by atoms with Crippen molar-refractivity contribution in [1.29, 1.82) is 0 Å². The van der Waals surface area contributed by atoms with Gasteiger partial charge in [0.25, 0.3) is 0 Å². The number of ether oxygens (including phenoxy) is 1. The van der Waals surface area contributed by atoms with Crippen LogP contribution in [0.3, 0.4) is 0 Å². The van der Waals surface area contributed by atoms with Gasteiger partial charge >= 0.3 is 0 Å². The van der Waals surface area contributed by atoms with Crippen LogP contribution in [0, 0.1) is 13.8 Å². The van der Waals surface area contributed by atoms with E-state index in [1.165, 1.54) is 11.8 Å². The normalized spacial score (nSPS) is 18.9. The highest BCUT2D eigenvalue weighted by atomic mass is 32.2. The lowest BCUT2D eigenvalue weighted by molar-refractivity contribution is -0.113. The minimum Gasteiger partial charge on any atom is -0.372 e. The Hall–Kier alpha value is -2.64. The summed E-state index contributed by atoms with van der Waals surface area (Å²) >= 11 is 1.43. The van der Waals surface area contributed by atoms with Crippen LogP contribution in [0.15, 0.2) is 47.5 Å². The van der Waals surface area contributed by atoms with Crippen molar-refractivity contribution in [1.82, 2.24) is 9.97 Å². The monoisotopic (exact) mass is 436 g/mol. The van der Waals surface area contributed by atoms with E-state index in [4.69, 9.17) is 14.7 Å². The van der Waals surface area contributed by atoms with E-state index >= 15 is 0 Å². The molecule has 0 unspecified atom stereocenters. The van der Waals surface area contributed by atoms with E-state index in [9.17, 15) is 4.79 Å². The van der Waals surface area contributed by atoms with Crippen LogP contribution in [0.4, 0.5) is 11.5 Å². The van der Waals surface area contributed by atoms with Crippen LogP contribution in [0.5, 0.6) is 0 Å². The number of aryl methyl sites for hydroxylation is 1. The summed E-state index contributed by atoms with van der Waals surface area (Å²) in [4.78, 5) is 24.7. The van der Waals surface area contributed by atoms with Crippen molar-refractivity contribution >= 4 is 40.2 Å². The van der Waals surface area contributed by atoms with Crippen LogP contribution in [-0.2, 0) is 9.53 Å². The first kappa shape index (κ1) is 21.6. The zero-order chi connectivity index (χ0) is 22.0. The molecule has 2 heterocycles. The molecule has 1 N–H and O–H groups in total. The molecule has 1 aliphatic heterocycles. The number of thioether (sulfide) groups is 1. The number of carbonyl (C=O) groups is 1. The fraction of sp³-hybridized carbons (Fsp3) is 0.375. The summed E-state index contributed by atoms with van der Waals surface area (Å²) in [5.74, 6) is 1.04. The van der Waals surface area contributed by atoms with E-state index in [0.717, 1.165) is 51.8 Å². The van der Waals surface area contributed by atoms with Gasteiger partial charge in [0.15, 0.2) is 5.82 Å². The summed E-state index contributed by atoms with van der Waals surface area (Å²) < 4.78 is 5.89. The zero-order valence-electron chi connectivity index (χ0n) is 18.4. The largest absolute Gasteiger partial charge is 0.372 e. The topological polar surface area (TPSA) is 67.4 Å². The van der Waals surface area contributed by atoms with E-state index in [-0.39, 0.29) is 23.9 Å². The Morgan fingerprint density at radius 1 is 1.06 bits per heavy atom. The maximum Gasteiger partial charge on any atom is 0.234 e. The van der Waals surface area contributed by atoms with Crippen molar-refractivity contribution in [3.63, 3.8) is 0 Å². The quantitative estimate of drug-likeness (QED) is 0.590. The molecule has 1 aliphatic rings. The van der Waals surface area contributed by atoms with Crippen molar-refractivity contribution < 1.29 is 9.53 Å². The van der Waals surface area contributed by atoms with Gasteiger partial charge in [0, 0.05) is 18.8 Å². The Morgan fingerprint density at radius 3 is 2.45 bits per heavy atom. The molecule has 2 aromatic carbocycles. The minimum atomic E-state index is -0.0525. The number of nitrogens with one attached hydrogen (secondary N) is 1. The van der Waals surface area contributed by atoms with Gasteiger partial charge in [-0.05, 0) is 57.0 Å². The van der Waals surface area contributed by atoms with Gasteiger partial charge in [-0.3, -0.25) is 4.79 Å². The Balaban J connectivity index is 1.57. The van der Waals surface area contributed by atoms with Crippen LogP contribution in [-0.4, -0.2) is 46.9 Å². The highest BCUT2D eigenvalue weighted by molar-refractivity contribution is 8.00. The van der Waals surface area contributed by atoms with E-state index in [1.807, 2.05) is 56.3 Å². The molecule has 1 saturated heterocycles. The second kappa shape index (κ2) is 9.24. The van der Waals surface area contributed by atoms with Crippen LogP contribution < -0.4 is 10.2 Å². The number of hydrogen-bond donors (Lipinski definition) is 1. The molecule has 0 radical (unpaired) electrons. The average molecular weight is 437 g/mol. The third kappa shape index (κ3) is 4.99. The fourth-order valence-corrected chi connectivity index (χ4v) is 4.64. The van der Waals surface area contributed by atoms with Crippen LogP contribution >= 0.6 is 11.8 Å². The second-order valence-electron chi connectivity index (χ2n) is 8.09. The molecule has 1 amide bonds. The summed E-state index contributed by atoms with van der Waals surface area (Å²) in [6.45, 7) is 9.70. The maximum atomic E-state index is 12.7. The van der Waals surface area contributed by atoms with Crippen LogP contribution in [0.2, 0.25) is 0 Å². The third-order valence-corrected chi connectivity index (χ3v) is 6.41. The Bertz CT molecular complexity index is 1090. The minimum absolute atomic E-state index is 0.0525. The molecule has 31 heavy (non-hydrogen) atoms. The third-order valence-electron chi connectivity index (χ3n) is 5.46. The number of hydrogen-bond acceptors (Lipinski definition) is 6. The van der Waals surface area contributed by atoms with Crippen molar-refractivity contribution in [2.24, 2.45) is 0 Å². The predicted molar refractivity (Wildman–Crippen MR) is 127 cm³/mol. The molecule has 0 spiro atoms. The van der Waals surface area contributed by atoms with Gasteiger partial charge in [-0.1, -0.05) is 36.0 Å². The number of aromatic nitrogens is 2. The first-order valence-corrected chi connectivity index (χ1v) is 11.6. The van der Waals surface area contributed by atoms with Crippen LogP contribution in [0.25, 0.3) is 11.0 Å². The first-order valence-electron chi connectivity index (χ1n) is 10.6. The lowest BCUT2D eigenvalue weighted by Gasteiger charge is -2.36. The highest BCUT2D eigenvalue weighted by Crippen LogP contribution is 2.31. The number of fused-ring (bicyclic) bond motifs is 1. The summed E-state index contributed by atoms with van der Waals surface area (Å²) in [5, 5.41) is 3.80. The lowest BCUT2D eigenvalue weighted by Crippen LogP contribution is -2.46. The van der Waals surface area contributed by atoms with Crippen molar-refractivity contribution in [3.05, 3.63) is 53.6 Å². The molecule has 1 fully saturated rings. The van der Waals surface area contributed by atoms with Gasteiger partial charge < -0.3 is 15.0 Å². The molecule has 4 rings (SSSR count). The van der Waals surface area contributed by atoms with Gasteiger partial charge in [-0.2, -0.15) is 0 Å². The molecule has 0 bridgehead atoms. The molecular weight excluding hydrogens is 408 g/mol. The fourth-order valence-electron chi connectivity index (χ4n) is 3.83. The molecule has 0 saturated carbocycles. The standard InChI is InChI=1S/C24H28N4O2S/c1-15-8-7-11-19(18(15)4)25-22(29)14-31-24-23(28-12-16(2)30-17(3)13-28)26-20-9-5-6-10-21(20)27-24/h5-11,16-17H,12-14H2,1-4H3,(H,25,29)/t16-,17-/m0/s1. The Kier molecular flexibility index (Phi) is 6.43. The molecule has 7 heteroatoms. The molecule has 2 atom stereocenters. The molecule has 6 nitrogen and oxygen atoms in total. The number of para-hydroxylation sites is 2. The molecule has 3 aromatic rings. The summed E-state index contributed by atoms with van der Waals surface area (Å²) in [6.07, 6.45) is 0.227. The van der Waals surface area contributed by atoms with Crippen LogP contribution in [0.1, 0.15) is 25.0 Å². The number of carbonyl (C=O) groups excluding carboxylic acids is 1. The predicted octanol–water partition coefficient (Wildman–Crippen LogP) is 4.59. The van der Waals surface area contributed by atoms with E-state index in [1.54, 1.807) is 0 Å². The van der Waals surface area contributed by atoms with Crippen molar-refractivity contribution in [3.8, 4) is 0 Å². The maximum absolute atomic E-state index is 12.7. The number of rotatable bonds is 5. The number of nitrogens with zero attached hydrogens (tertiary/aromatic N) is 3.